The van der Waals surface area contributed by atoms with Gasteiger partial charge in [0, 0.05) is 19.3 Å². The van der Waals surface area contributed by atoms with E-state index in [1.54, 1.807) is 0 Å². The Morgan fingerprint density at radius 1 is 1.59 bits per heavy atom. The molecule has 6 heteroatoms. The van der Waals surface area contributed by atoms with Crippen LogP contribution in [0.4, 0.5) is 5.95 Å². The van der Waals surface area contributed by atoms with Gasteiger partial charge in [0.2, 0.25) is 5.95 Å². The van der Waals surface area contributed by atoms with Crippen molar-refractivity contribution in [2.24, 2.45) is 5.92 Å². The minimum Gasteiger partial charge on any atom is -0.476 e. The van der Waals surface area contributed by atoms with E-state index >= 15 is 0 Å². The van der Waals surface area contributed by atoms with Crippen molar-refractivity contribution in [2.75, 3.05) is 18.0 Å². The summed E-state index contributed by atoms with van der Waals surface area (Å²) in [5.74, 6) is -0.126. The Balaban J connectivity index is 3.04. The standard InChI is InChI=1S/C11H16BrN3O2/c1-4-15(6-7(2)3)11-13-5-8(12)9(14-11)10(16)17/h5,7H,4,6H2,1-3H3,(H,16,17). The fourth-order valence-electron chi connectivity index (χ4n) is 1.45. The molecule has 1 heterocycles. The summed E-state index contributed by atoms with van der Waals surface area (Å²) in [4.78, 5) is 21.1. The van der Waals surface area contributed by atoms with E-state index in [-0.39, 0.29) is 5.69 Å². The van der Waals surface area contributed by atoms with Crippen LogP contribution in [0, 0.1) is 5.92 Å². The molecule has 94 valence electrons. The van der Waals surface area contributed by atoms with Crippen molar-refractivity contribution in [3.05, 3.63) is 16.4 Å². The first-order valence-corrected chi connectivity index (χ1v) is 6.25. The summed E-state index contributed by atoms with van der Waals surface area (Å²) in [7, 11) is 0. The summed E-state index contributed by atoms with van der Waals surface area (Å²) in [5, 5.41) is 8.99. The van der Waals surface area contributed by atoms with E-state index in [1.165, 1.54) is 6.20 Å². The van der Waals surface area contributed by atoms with Gasteiger partial charge in [0.1, 0.15) is 0 Å². The number of carbonyl (C=O) groups is 1. The Morgan fingerprint density at radius 2 is 2.24 bits per heavy atom. The third-order valence-electron chi connectivity index (χ3n) is 2.18. The smallest absolute Gasteiger partial charge is 0.355 e. The second kappa shape index (κ2) is 5.95. The third-order valence-corrected chi connectivity index (χ3v) is 2.76. The molecule has 1 aromatic rings. The zero-order chi connectivity index (χ0) is 13.0. The number of hydrogen-bond donors (Lipinski definition) is 1. The monoisotopic (exact) mass is 301 g/mol. The van der Waals surface area contributed by atoms with E-state index < -0.39 is 5.97 Å². The van der Waals surface area contributed by atoms with E-state index in [0.29, 0.717) is 16.3 Å². The van der Waals surface area contributed by atoms with Crippen LogP contribution in [-0.2, 0) is 0 Å². The molecule has 1 N–H and O–H groups in total. The zero-order valence-electron chi connectivity index (χ0n) is 10.1. The average Bonchev–Trinajstić information content (AvgIpc) is 2.26. The zero-order valence-corrected chi connectivity index (χ0v) is 11.7. The van der Waals surface area contributed by atoms with Crippen molar-refractivity contribution < 1.29 is 9.90 Å². The lowest BCUT2D eigenvalue weighted by molar-refractivity contribution is 0.0689. The first-order chi connectivity index (χ1) is 7.95. The number of anilines is 1. The molecule has 17 heavy (non-hydrogen) atoms. The fourth-order valence-corrected chi connectivity index (χ4v) is 1.81. The van der Waals surface area contributed by atoms with Gasteiger partial charge in [0.15, 0.2) is 5.69 Å². The molecule has 0 amide bonds. The number of hydrogen-bond acceptors (Lipinski definition) is 4. The number of nitrogens with zero attached hydrogens (tertiary/aromatic N) is 3. The molecule has 0 unspecified atom stereocenters. The van der Waals surface area contributed by atoms with Crippen LogP contribution in [0.1, 0.15) is 31.3 Å². The maximum absolute atomic E-state index is 11.0. The highest BCUT2D eigenvalue weighted by atomic mass is 79.9. The van der Waals surface area contributed by atoms with Crippen LogP contribution >= 0.6 is 15.9 Å². The second-order valence-electron chi connectivity index (χ2n) is 4.10. The van der Waals surface area contributed by atoms with Crippen LogP contribution in [0.15, 0.2) is 10.7 Å². The average molecular weight is 302 g/mol. The van der Waals surface area contributed by atoms with Crippen LogP contribution in [0.2, 0.25) is 0 Å². The maximum Gasteiger partial charge on any atom is 0.355 e. The predicted octanol–water partition coefficient (Wildman–Crippen LogP) is 2.42. The van der Waals surface area contributed by atoms with Crippen LogP contribution in [0.5, 0.6) is 0 Å². The van der Waals surface area contributed by atoms with Crippen molar-refractivity contribution in [1.29, 1.82) is 0 Å². The SMILES string of the molecule is CCN(CC(C)C)c1ncc(Br)c(C(=O)O)n1. The number of aromatic carboxylic acids is 1. The Kier molecular flexibility index (Phi) is 4.86. The molecule has 0 bridgehead atoms. The molecule has 0 aliphatic carbocycles. The first-order valence-electron chi connectivity index (χ1n) is 5.46. The molecule has 0 spiro atoms. The Hall–Kier alpha value is -1.17. The molecule has 0 aromatic carbocycles. The summed E-state index contributed by atoms with van der Waals surface area (Å²) >= 11 is 3.13. The number of carboxylic acid groups (broad SMARTS) is 1. The van der Waals surface area contributed by atoms with E-state index in [4.69, 9.17) is 5.11 Å². The summed E-state index contributed by atoms with van der Waals surface area (Å²) in [6.07, 6.45) is 1.48. The normalized spacial score (nSPS) is 10.6. The van der Waals surface area contributed by atoms with Gasteiger partial charge in [-0.25, -0.2) is 14.8 Å². The molecule has 5 nitrogen and oxygen atoms in total. The van der Waals surface area contributed by atoms with E-state index in [0.717, 1.165) is 13.1 Å². The Bertz CT molecular complexity index is 410. The third kappa shape index (κ3) is 3.66. The number of halogens is 1. The highest BCUT2D eigenvalue weighted by Crippen LogP contribution is 2.17. The molecule has 0 saturated carbocycles. The van der Waals surface area contributed by atoms with Gasteiger partial charge in [0.05, 0.1) is 4.47 Å². The maximum atomic E-state index is 11.0. The van der Waals surface area contributed by atoms with Gasteiger partial charge in [-0.1, -0.05) is 13.8 Å². The lowest BCUT2D eigenvalue weighted by Crippen LogP contribution is -2.29. The van der Waals surface area contributed by atoms with E-state index in [1.807, 2.05) is 11.8 Å². The Labute approximate surface area is 109 Å². The van der Waals surface area contributed by atoms with Gasteiger partial charge in [-0.2, -0.15) is 0 Å². The van der Waals surface area contributed by atoms with Gasteiger partial charge in [-0.3, -0.25) is 0 Å². The van der Waals surface area contributed by atoms with Crippen LogP contribution < -0.4 is 4.90 Å². The summed E-state index contributed by atoms with van der Waals surface area (Å²) in [6.45, 7) is 7.74. The van der Waals surface area contributed by atoms with Crippen LogP contribution in [0.25, 0.3) is 0 Å². The van der Waals surface area contributed by atoms with E-state index in [9.17, 15) is 4.79 Å². The van der Waals surface area contributed by atoms with Crippen LogP contribution in [0.3, 0.4) is 0 Å². The van der Waals surface area contributed by atoms with Gasteiger partial charge >= 0.3 is 5.97 Å². The lowest BCUT2D eigenvalue weighted by Gasteiger charge is -2.22. The molecule has 0 radical (unpaired) electrons. The molecule has 1 rings (SSSR count). The minimum atomic E-state index is -1.05. The highest BCUT2D eigenvalue weighted by molar-refractivity contribution is 9.10. The van der Waals surface area contributed by atoms with Crippen molar-refractivity contribution in [1.82, 2.24) is 9.97 Å². The van der Waals surface area contributed by atoms with Crippen molar-refractivity contribution in [3.63, 3.8) is 0 Å². The topological polar surface area (TPSA) is 66.3 Å². The lowest BCUT2D eigenvalue weighted by atomic mass is 10.2. The predicted molar refractivity (Wildman–Crippen MR) is 69.4 cm³/mol. The van der Waals surface area contributed by atoms with Gasteiger partial charge < -0.3 is 10.0 Å². The number of rotatable bonds is 5. The largest absolute Gasteiger partial charge is 0.476 e. The molecule has 0 fully saturated rings. The first kappa shape index (κ1) is 13.9. The van der Waals surface area contributed by atoms with Crippen molar-refractivity contribution in [3.8, 4) is 0 Å². The van der Waals surface area contributed by atoms with Gasteiger partial charge in [-0.15, -0.1) is 0 Å². The molecule has 0 aliphatic heterocycles. The summed E-state index contributed by atoms with van der Waals surface area (Å²) in [6, 6.07) is 0. The highest BCUT2D eigenvalue weighted by Gasteiger charge is 2.15. The molecular formula is C11H16BrN3O2. The second-order valence-corrected chi connectivity index (χ2v) is 4.96. The van der Waals surface area contributed by atoms with Gasteiger partial charge in [-0.05, 0) is 28.8 Å². The molecule has 1 aromatic heterocycles. The fraction of sp³-hybridized carbons (Fsp3) is 0.545. The van der Waals surface area contributed by atoms with Crippen LogP contribution in [-0.4, -0.2) is 34.1 Å². The number of carboxylic acids is 1. The van der Waals surface area contributed by atoms with Crippen molar-refractivity contribution >= 4 is 27.8 Å². The Morgan fingerprint density at radius 3 is 2.71 bits per heavy atom. The van der Waals surface area contributed by atoms with E-state index in [2.05, 4.69) is 39.7 Å². The van der Waals surface area contributed by atoms with Gasteiger partial charge in [0.25, 0.3) is 0 Å². The minimum absolute atomic E-state index is 0.00259. The molecule has 0 saturated heterocycles. The number of aromatic nitrogens is 2. The quantitative estimate of drug-likeness (QED) is 0.905. The molecular weight excluding hydrogens is 286 g/mol. The molecule has 0 atom stereocenters. The summed E-state index contributed by atoms with van der Waals surface area (Å²) < 4.78 is 0.398. The van der Waals surface area contributed by atoms with Crippen molar-refractivity contribution in [2.45, 2.75) is 20.8 Å². The molecule has 0 aliphatic rings. The summed E-state index contributed by atoms with van der Waals surface area (Å²) in [5.41, 5.74) is -0.00259.